The second-order valence-corrected chi connectivity index (χ2v) is 31.5. The summed E-state index contributed by atoms with van der Waals surface area (Å²) in [6, 6.07) is 0. The van der Waals surface area contributed by atoms with Crippen LogP contribution in [0.5, 0.6) is 0 Å². The molecule has 0 saturated heterocycles. The Morgan fingerprint density at radius 3 is 0.918 bits per heavy atom. The van der Waals surface area contributed by atoms with E-state index in [0.717, 1.165) is 127 Å². The third-order valence-corrected chi connectivity index (χ3v) is 19.8. The van der Waals surface area contributed by atoms with Gasteiger partial charge in [0.2, 0.25) is 0 Å². The Balaban J connectivity index is 5.24. The zero-order valence-electron chi connectivity index (χ0n) is 63.0. The number of allylic oxidation sites excluding steroid dienone is 4. The van der Waals surface area contributed by atoms with Gasteiger partial charge in [0, 0.05) is 25.7 Å². The molecule has 0 fully saturated rings. The molecule has 0 heterocycles. The first-order chi connectivity index (χ1) is 46.8. The van der Waals surface area contributed by atoms with E-state index in [1.165, 1.54) is 161 Å². The van der Waals surface area contributed by atoms with E-state index in [-0.39, 0.29) is 25.7 Å². The molecule has 0 aromatic heterocycles. The zero-order valence-corrected chi connectivity index (χ0v) is 64.8. The van der Waals surface area contributed by atoms with Crippen molar-refractivity contribution in [1.82, 2.24) is 0 Å². The van der Waals surface area contributed by atoms with Crippen LogP contribution in [0.3, 0.4) is 0 Å². The van der Waals surface area contributed by atoms with E-state index in [9.17, 15) is 43.2 Å². The number of carbonyl (C=O) groups excluding carboxylic acids is 4. The maximum absolute atomic E-state index is 13.1. The average molecular weight is 1420 g/mol. The van der Waals surface area contributed by atoms with Crippen LogP contribution in [0.15, 0.2) is 24.3 Å². The summed E-state index contributed by atoms with van der Waals surface area (Å²) in [5, 5.41) is 10.6. The van der Waals surface area contributed by atoms with Gasteiger partial charge in [-0.3, -0.25) is 37.3 Å². The Kier molecular flexibility index (Phi) is 66.3. The van der Waals surface area contributed by atoms with Gasteiger partial charge in [0.25, 0.3) is 0 Å². The molecule has 3 unspecified atom stereocenters. The first-order valence-electron chi connectivity index (χ1n) is 39.7. The number of hydrogen-bond donors (Lipinski definition) is 3. The number of hydrogen-bond acceptors (Lipinski definition) is 15. The lowest BCUT2D eigenvalue weighted by atomic mass is 9.99. The summed E-state index contributed by atoms with van der Waals surface area (Å²) in [4.78, 5) is 72.8. The largest absolute Gasteiger partial charge is 0.472 e. The molecule has 3 N–H and O–H groups in total. The first-order valence-corrected chi connectivity index (χ1v) is 42.7. The predicted molar refractivity (Wildman–Crippen MR) is 395 cm³/mol. The van der Waals surface area contributed by atoms with Crippen LogP contribution in [0.25, 0.3) is 0 Å². The fourth-order valence-corrected chi connectivity index (χ4v) is 13.0. The van der Waals surface area contributed by atoms with Crippen molar-refractivity contribution in [3.63, 3.8) is 0 Å². The number of aliphatic hydroxyl groups is 1. The standard InChI is InChI=1S/C78H148O17P2/c1-8-10-11-12-13-14-15-16-21-25-28-31-37-45-52-59-75(80)88-65-73(94-77(82)61-54-47-38-32-29-26-23-20-18-17-19-22-24-27-30-35-42-49-56-69(3)4)67-92-96(84,85)90-63-72(79)64-91-97(86,87)93-68-74(66-89-76(81)60-53-46-41-40-43-50-57-70(5)6)95-78(83)62-55-48-39-34-33-36-44-51-58-71(7)9-2/h14-16,21,69-74,79H,8-13,17-20,22-68H2,1-7H3,(H,84,85)(H,86,87)/b15-14-,21-16-/t71?,72-,73-,74-/m1/s1. The third kappa shape index (κ3) is 70.4. The smallest absolute Gasteiger partial charge is 0.462 e. The maximum Gasteiger partial charge on any atom is 0.472 e. The topological polar surface area (TPSA) is 237 Å². The van der Waals surface area contributed by atoms with Crippen LogP contribution in [-0.2, 0) is 65.4 Å². The summed E-state index contributed by atoms with van der Waals surface area (Å²) in [6.07, 6.45) is 57.9. The molecule has 0 radical (unpaired) electrons. The number of rotatable bonds is 74. The Bertz CT molecular complexity index is 1980. The van der Waals surface area contributed by atoms with Crippen LogP contribution in [-0.4, -0.2) is 96.7 Å². The molecule has 19 heteroatoms. The molecule has 0 aromatic carbocycles. The van der Waals surface area contributed by atoms with Crippen molar-refractivity contribution in [3.8, 4) is 0 Å². The van der Waals surface area contributed by atoms with Crippen molar-refractivity contribution in [2.45, 2.75) is 394 Å². The number of ether oxygens (including phenoxy) is 4. The van der Waals surface area contributed by atoms with E-state index in [0.29, 0.717) is 31.6 Å². The van der Waals surface area contributed by atoms with Crippen molar-refractivity contribution in [1.29, 1.82) is 0 Å². The van der Waals surface area contributed by atoms with Crippen molar-refractivity contribution < 1.29 is 80.2 Å². The van der Waals surface area contributed by atoms with E-state index >= 15 is 0 Å². The summed E-state index contributed by atoms with van der Waals surface area (Å²) < 4.78 is 68.5. The Morgan fingerprint density at radius 2 is 0.608 bits per heavy atom. The Hall–Kier alpha value is -2.46. The number of aliphatic hydroxyl groups excluding tert-OH is 1. The Labute approximate surface area is 592 Å². The van der Waals surface area contributed by atoms with Gasteiger partial charge in [0.05, 0.1) is 26.4 Å². The van der Waals surface area contributed by atoms with Crippen molar-refractivity contribution in [2.75, 3.05) is 39.6 Å². The maximum atomic E-state index is 13.1. The molecule has 0 aliphatic heterocycles. The SMILES string of the molecule is CCCCCC/C=C\C=C/CCCCCCCC(=O)OC[C@H](COP(=O)(O)OC[C@@H](O)COP(=O)(O)OC[C@@H](COC(=O)CCCCCCCCC(C)C)OC(=O)CCCCCCCCCCC(C)CC)OC(=O)CCCCCCCCCCCCCCCCCCCCC(C)C. The van der Waals surface area contributed by atoms with Crippen LogP contribution in [0.4, 0.5) is 0 Å². The molecule has 0 rings (SSSR count). The number of unbranched alkanes of at least 4 members (excludes halogenated alkanes) is 38. The lowest BCUT2D eigenvalue weighted by molar-refractivity contribution is -0.161. The molecule has 0 aromatic rings. The summed E-state index contributed by atoms with van der Waals surface area (Å²) in [7, 11) is -9.92. The Morgan fingerprint density at radius 1 is 0.340 bits per heavy atom. The highest BCUT2D eigenvalue weighted by Crippen LogP contribution is 2.45. The molecule has 0 aliphatic carbocycles. The van der Waals surface area contributed by atoms with Gasteiger partial charge in [-0.15, -0.1) is 0 Å². The summed E-state index contributed by atoms with van der Waals surface area (Å²) in [5.41, 5.74) is 0. The summed E-state index contributed by atoms with van der Waals surface area (Å²) in [6.45, 7) is 11.8. The van der Waals surface area contributed by atoms with Crippen LogP contribution in [0.1, 0.15) is 376 Å². The van der Waals surface area contributed by atoms with Crippen LogP contribution >= 0.6 is 15.6 Å². The highest BCUT2D eigenvalue weighted by molar-refractivity contribution is 7.47. The zero-order chi connectivity index (χ0) is 71.6. The van der Waals surface area contributed by atoms with E-state index in [4.69, 9.17) is 37.0 Å². The molecule has 0 amide bonds. The number of phosphoric acid groups is 2. The van der Waals surface area contributed by atoms with E-state index in [1.807, 2.05) is 0 Å². The van der Waals surface area contributed by atoms with E-state index in [2.05, 4.69) is 72.8 Å². The molecule has 0 saturated carbocycles. The molecule has 0 bridgehead atoms. The third-order valence-electron chi connectivity index (χ3n) is 17.9. The fourth-order valence-electron chi connectivity index (χ4n) is 11.4. The minimum Gasteiger partial charge on any atom is -0.462 e. The van der Waals surface area contributed by atoms with Crippen LogP contribution < -0.4 is 0 Å². The molecule has 97 heavy (non-hydrogen) atoms. The van der Waals surface area contributed by atoms with Gasteiger partial charge in [-0.2, -0.15) is 0 Å². The fraction of sp³-hybridized carbons (Fsp3) is 0.897. The van der Waals surface area contributed by atoms with Crippen LogP contribution in [0.2, 0.25) is 0 Å². The van der Waals surface area contributed by atoms with Crippen LogP contribution in [0, 0.1) is 17.8 Å². The van der Waals surface area contributed by atoms with Gasteiger partial charge in [0.15, 0.2) is 12.2 Å². The molecule has 572 valence electrons. The van der Waals surface area contributed by atoms with Gasteiger partial charge >= 0.3 is 39.5 Å². The van der Waals surface area contributed by atoms with Gasteiger partial charge in [-0.05, 0) is 69.1 Å². The van der Waals surface area contributed by atoms with E-state index < -0.39 is 97.5 Å². The van der Waals surface area contributed by atoms with Gasteiger partial charge in [-0.1, -0.05) is 323 Å². The van der Waals surface area contributed by atoms with Crippen molar-refractivity contribution in [2.24, 2.45) is 17.8 Å². The van der Waals surface area contributed by atoms with E-state index in [1.54, 1.807) is 0 Å². The lowest BCUT2D eigenvalue weighted by Gasteiger charge is -2.21. The van der Waals surface area contributed by atoms with Gasteiger partial charge in [0.1, 0.15) is 19.3 Å². The second kappa shape index (κ2) is 68.0. The molecule has 0 aliphatic rings. The molecular weight excluding hydrogens is 1270 g/mol. The monoisotopic (exact) mass is 1420 g/mol. The lowest BCUT2D eigenvalue weighted by Crippen LogP contribution is -2.30. The minimum absolute atomic E-state index is 0.101. The summed E-state index contributed by atoms with van der Waals surface area (Å²) >= 11 is 0. The number of esters is 4. The first kappa shape index (κ1) is 94.5. The predicted octanol–water partition coefficient (Wildman–Crippen LogP) is 22.5. The minimum atomic E-state index is -4.97. The molecule has 6 atom stereocenters. The second-order valence-electron chi connectivity index (χ2n) is 28.6. The molecule has 17 nitrogen and oxygen atoms in total. The highest BCUT2D eigenvalue weighted by atomic mass is 31.2. The normalized spacial score (nSPS) is 14.5. The summed E-state index contributed by atoms with van der Waals surface area (Å²) in [5.74, 6) is 0.114. The number of carbonyl (C=O) groups is 4. The van der Waals surface area contributed by atoms with Crippen molar-refractivity contribution in [3.05, 3.63) is 24.3 Å². The highest BCUT2D eigenvalue weighted by Gasteiger charge is 2.30. The average Bonchev–Trinajstić information content (AvgIpc) is 1.13. The van der Waals surface area contributed by atoms with Gasteiger partial charge in [-0.25, -0.2) is 9.13 Å². The quantitative estimate of drug-likeness (QED) is 0.0169. The molecule has 0 spiro atoms. The van der Waals surface area contributed by atoms with Gasteiger partial charge < -0.3 is 33.8 Å². The molecular formula is C78H148O17P2. The number of phosphoric ester groups is 2. The van der Waals surface area contributed by atoms with Crippen molar-refractivity contribution >= 4 is 39.5 Å².